The monoisotopic (exact) mass is 359 g/mol. The van der Waals surface area contributed by atoms with Crippen LogP contribution >= 0.6 is 35.7 Å². The lowest BCUT2D eigenvalue weighted by Crippen LogP contribution is -2.42. The summed E-state index contributed by atoms with van der Waals surface area (Å²) in [6.45, 7) is 8.27. The van der Waals surface area contributed by atoms with E-state index in [-0.39, 0.29) is 24.0 Å². The molecule has 16 heavy (non-hydrogen) atoms. The molecule has 0 aliphatic heterocycles. The first-order valence-corrected chi connectivity index (χ1v) is 7.17. The highest BCUT2D eigenvalue weighted by Gasteiger charge is 2.01. The first-order valence-electron chi connectivity index (χ1n) is 5.78. The van der Waals surface area contributed by atoms with Crippen LogP contribution in [-0.4, -0.2) is 37.1 Å². The molecule has 0 amide bonds. The van der Waals surface area contributed by atoms with Gasteiger partial charge in [-0.1, -0.05) is 6.92 Å². The van der Waals surface area contributed by atoms with E-state index in [1.807, 2.05) is 11.8 Å². The van der Waals surface area contributed by atoms with Crippen molar-refractivity contribution in [2.45, 2.75) is 39.7 Å². The van der Waals surface area contributed by atoms with Crippen molar-refractivity contribution < 1.29 is 0 Å². The molecule has 0 aromatic heterocycles. The number of aliphatic imine (C=N–C) groups is 1. The maximum absolute atomic E-state index is 4.52. The van der Waals surface area contributed by atoms with Gasteiger partial charge in [0.25, 0.3) is 0 Å². The van der Waals surface area contributed by atoms with Gasteiger partial charge in [0.15, 0.2) is 5.96 Å². The van der Waals surface area contributed by atoms with Crippen LogP contribution in [0, 0.1) is 0 Å². The highest BCUT2D eigenvalue weighted by molar-refractivity contribution is 14.0. The predicted molar refractivity (Wildman–Crippen MR) is 87.3 cm³/mol. The van der Waals surface area contributed by atoms with Gasteiger partial charge in [-0.25, -0.2) is 0 Å². The molecule has 0 saturated heterocycles. The quantitative estimate of drug-likeness (QED) is 0.318. The van der Waals surface area contributed by atoms with Crippen LogP contribution in [-0.2, 0) is 0 Å². The Morgan fingerprint density at radius 1 is 1.38 bits per heavy atom. The van der Waals surface area contributed by atoms with Crippen molar-refractivity contribution in [1.82, 2.24) is 10.6 Å². The fourth-order valence-corrected chi connectivity index (χ4v) is 1.47. The summed E-state index contributed by atoms with van der Waals surface area (Å²) in [5.41, 5.74) is 0. The van der Waals surface area contributed by atoms with E-state index in [9.17, 15) is 0 Å². The highest BCUT2D eigenvalue weighted by Crippen LogP contribution is 1.95. The maximum atomic E-state index is 4.52. The largest absolute Gasteiger partial charge is 0.357 e. The molecule has 2 N–H and O–H groups in total. The molecule has 1 atom stereocenters. The molecule has 3 nitrogen and oxygen atoms in total. The van der Waals surface area contributed by atoms with Crippen molar-refractivity contribution in [2.24, 2.45) is 4.99 Å². The number of guanidine groups is 1. The number of nitrogens with zero attached hydrogens (tertiary/aromatic N) is 1. The molecule has 0 fully saturated rings. The Kier molecular flexibility index (Phi) is 15.7. The Bertz CT molecular complexity index is 177. The van der Waals surface area contributed by atoms with Gasteiger partial charge < -0.3 is 10.6 Å². The third-order valence-electron chi connectivity index (χ3n) is 2.12. The first kappa shape index (κ1) is 18.7. The lowest BCUT2D eigenvalue weighted by Gasteiger charge is -2.16. The number of halogens is 1. The Balaban J connectivity index is 0. The standard InChI is InChI=1S/C11H25N3S.HI/c1-5-10(3)14-11(12-6-2)13-8-7-9-15-4;/h10H,5-9H2,1-4H3,(H2,12,13,14);1H. The number of hydrogen-bond donors (Lipinski definition) is 2. The third kappa shape index (κ3) is 10.9. The normalized spacial score (nSPS) is 12.9. The maximum Gasteiger partial charge on any atom is 0.191 e. The molecule has 0 aliphatic rings. The minimum absolute atomic E-state index is 0. The van der Waals surface area contributed by atoms with Crippen molar-refractivity contribution >= 4 is 41.7 Å². The molecule has 0 aromatic rings. The van der Waals surface area contributed by atoms with Gasteiger partial charge in [0, 0.05) is 19.1 Å². The summed E-state index contributed by atoms with van der Waals surface area (Å²) in [4.78, 5) is 4.52. The fraction of sp³-hybridized carbons (Fsp3) is 0.909. The van der Waals surface area contributed by atoms with Crippen LogP contribution in [0.15, 0.2) is 4.99 Å². The van der Waals surface area contributed by atoms with Crippen molar-refractivity contribution in [1.29, 1.82) is 0 Å². The first-order chi connectivity index (χ1) is 7.24. The van der Waals surface area contributed by atoms with Gasteiger partial charge >= 0.3 is 0 Å². The third-order valence-corrected chi connectivity index (χ3v) is 2.81. The summed E-state index contributed by atoms with van der Waals surface area (Å²) >= 11 is 1.87. The lowest BCUT2D eigenvalue weighted by atomic mass is 10.3. The second-order valence-corrected chi connectivity index (χ2v) is 4.55. The molecule has 5 heteroatoms. The molecule has 1 unspecified atom stereocenters. The fourth-order valence-electron chi connectivity index (χ4n) is 1.06. The SMILES string of the molecule is CCNC(=NCCCSC)NC(C)CC.I. The van der Waals surface area contributed by atoms with Crippen molar-refractivity contribution in [3.63, 3.8) is 0 Å². The zero-order chi connectivity index (χ0) is 11.5. The number of nitrogens with one attached hydrogen (secondary N) is 2. The smallest absolute Gasteiger partial charge is 0.191 e. The molecule has 0 radical (unpaired) electrons. The Labute approximate surface area is 122 Å². The van der Waals surface area contributed by atoms with E-state index in [0.717, 1.165) is 31.9 Å². The Morgan fingerprint density at radius 3 is 2.56 bits per heavy atom. The summed E-state index contributed by atoms with van der Waals surface area (Å²) in [5, 5.41) is 6.63. The van der Waals surface area contributed by atoms with Crippen molar-refractivity contribution in [3.05, 3.63) is 0 Å². The molecule has 0 rings (SSSR count). The van der Waals surface area contributed by atoms with Gasteiger partial charge in [0.05, 0.1) is 0 Å². The van der Waals surface area contributed by atoms with Crippen LogP contribution in [0.25, 0.3) is 0 Å². The zero-order valence-electron chi connectivity index (χ0n) is 10.9. The zero-order valence-corrected chi connectivity index (χ0v) is 14.0. The van der Waals surface area contributed by atoms with Crippen LogP contribution in [0.2, 0.25) is 0 Å². The van der Waals surface area contributed by atoms with Gasteiger partial charge in [-0.2, -0.15) is 11.8 Å². The second kappa shape index (κ2) is 13.4. The summed E-state index contributed by atoms with van der Waals surface area (Å²) in [6.07, 6.45) is 4.40. The van der Waals surface area contributed by atoms with Crippen LogP contribution in [0.4, 0.5) is 0 Å². The molecular formula is C11H26IN3S. The molecule has 0 spiro atoms. The van der Waals surface area contributed by atoms with Gasteiger partial charge in [0.1, 0.15) is 0 Å². The summed E-state index contributed by atoms with van der Waals surface area (Å²) in [6, 6.07) is 0.489. The van der Waals surface area contributed by atoms with Crippen molar-refractivity contribution in [3.8, 4) is 0 Å². The topological polar surface area (TPSA) is 36.4 Å². The van der Waals surface area contributed by atoms with Crippen LogP contribution < -0.4 is 10.6 Å². The molecule has 98 valence electrons. The van der Waals surface area contributed by atoms with Crippen LogP contribution in [0.5, 0.6) is 0 Å². The lowest BCUT2D eigenvalue weighted by molar-refractivity contribution is 0.624. The molecule has 0 heterocycles. The van der Waals surface area contributed by atoms with Crippen LogP contribution in [0.1, 0.15) is 33.6 Å². The van der Waals surface area contributed by atoms with Gasteiger partial charge in [-0.15, -0.1) is 24.0 Å². The summed E-state index contributed by atoms with van der Waals surface area (Å²) in [5.74, 6) is 2.14. The number of rotatable bonds is 7. The van der Waals surface area contributed by atoms with E-state index < -0.39 is 0 Å². The molecule has 0 bridgehead atoms. The van der Waals surface area contributed by atoms with E-state index in [2.05, 4.69) is 42.7 Å². The van der Waals surface area contributed by atoms with Gasteiger partial charge in [-0.05, 0) is 38.7 Å². The Hall–Kier alpha value is 0.350. The van der Waals surface area contributed by atoms with E-state index in [1.54, 1.807) is 0 Å². The summed E-state index contributed by atoms with van der Waals surface area (Å²) < 4.78 is 0. The molecular weight excluding hydrogens is 333 g/mol. The van der Waals surface area contributed by atoms with Crippen LogP contribution in [0.3, 0.4) is 0 Å². The van der Waals surface area contributed by atoms with E-state index in [0.29, 0.717) is 6.04 Å². The van der Waals surface area contributed by atoms with E-state index >= 15 is 0 Å². The minimum Gasteiger partial charge on any atom is -0.357 e. The predicted octanol–water partition coefficient (Wildman–Crippen LogP) is 2.71. The molecule has 0 aliphatic carbocycles. The highest BCUT2D eigenvalue weighted by atomic mass is 127. The second-order valence-electron chi connectivity index (χ2n) is 3.56. The average Bonchev–Trinajstić information content (AvgIpc) is 2.24. The average molecular weight is 359 g/mol. The molecule has 0 saturated carbocycles. The van der Waals surface area contributed by atoms with E-state index in [4.69, 9.17) is 0 Å². The van der Waals surface area contributed by atoms with E-state index in [1.165, 1.54) is 5.75 Å². The Morgan fingerprint density at radius 2 is 2.06 bits per heavy atom. The summed E-state index contributed by atoms with van der Waals surface area (Å²) in [7, 11) is 0. The van der Waals surface area contributed by atoms with Gasteiger partial charge in [0.2, 0.25) is 0 Å². The minimum atomic E-state index is 0. The molecule has 0 aromatic carbocycles. The number of thioether (sulfide) groups is 1. The van der Waals surface area contributed by atoms with Crippen molar-refractivity contribution in [2.75, 3.05) is 25.1 Å². The van der Waals surface area contributed by atoms with Gasteiger partial charge in [-0.3, -0.25) is 4.99 Å². The number of hydrogen-bond acceptors (Lipinski definition) is 2.